The zero-order valence-corrected chi connectivity index (χ0v) is 9.60. The second kappa shape index (κ2) is 5.29. The van der Waals surface area contributed by atoms with Crippen LogP contribution >= 0.6 is 0 Å². The van der Waals surface area contributed by atoms with E-state index in [-0.39, 0.29) is 12.5 Å². The Kier molecular flexibility index (Phi) is 4.04. The molecule has 0 radical (unpaired) electrons. The molecule has 16 heavy (non-hydrogen) atoms. The highest BCUT2D eigenvalue weighted by Crippen LogP contribution is 2.21. The number of hydrogen-bond acceptors (Lipinski definition) is 5. The molecule has 1 rings (SSSR count). The number of carbonyl (C=O) groups excluding carboxylic acids is 1. The summed E-state index contributed by atoms with van der Waals surface area (Å²) in [7, 11) is 0. The zero-order valence-electron chi connectivity index (χ0n) is 9.60. The highest BCUT2D eigenvalue weighted by atomic mass is 16.1. The summed E-state index contributed by atoms with van der Waals surface area (Å²) in [6, 6.07) is 0. The third-order valence-corrected chi connectivity index (χ3v) is 2.34. The lowest BCUT2D eigenvalue weighted by Crippen LogP contribution is -2.35. The fraction of sp³-hybridized carbons (Fsp3) is 0.500. The number of nitrogens with two attached hydrogens (primary N) is 2. The summed E-state index contributed by atoms with van der Waals surface area (Å²) >= 11 is 0. The molecule has 0 aromatic carbocycles. The Morgan fingerprint density at radius 1 is 1.44 bits per heavy atom. The number of aromatic nitrogens is 2. The number of nitrogens with zero attached hydrogens (tertiary/aromatic N) is 3. The van der Waals surface area contributed by atoms with Gasteiger partial charge in [0.15, 0.2) is 0 Å². The average molecular weight is 223 g/mol. The molecule has 0 atom stereocenters. The first kappa shape index (κ1) is 12.2. The first-order valence-electron chi connectivity index (χ1n) is 5.22. The van der Waals surface area contributed by atoms with Crippen LogP contribution in [0.4, 0.5) is 11.6 Å². The van der Waals surface area contributed by atoms with Gasteiger partial charge in [0.05, 0.1) is 6.54 Å². The standard InChI is InChI=1S/C10H17N5O/c1-3-7-9(12)13-6-14-10(7)15(4-2)5-8(11)16/h6H,3-5H2,1-2H3,(H2,11,16)(H2,12,13,14). The van der Waals surface area contributed by atoms with Crippen LogP contribution in [0.3, 0.4) is 0 Å². The van der Waals surface area contributed by atoms with E-state index in [0.717, 1.165) is 12.0 Å². The first-order chi connectivity index (χ1) is 7.60. The van der Waals surface area contributed by atoms with Crippen LogP contribution in [-0.2, 0) is 11.2 Å². The van der Waals surface area contributed by atoms with Crippen molar-refractivity contribution < 1.29 is 4.79 Å². The maximum Gasteiger partial charge on any atom is 0.236 e. The Hall–Kier alpha value is -1.85. The van der Waals surface area contributed by atoms with Gasteiger partial charge in [-0.1, -0.05) is 6.92 Å². The fourth-order valence-corrected chi connectivity index (χ4v) is 1.55. The van der Waals surface area contributed by atoms with Crippen molar-refractivity contribution in [3.8, 4) is 0 Å². The van der Waals surface area contributed by atoms with E-state index in [1.807, 2.05) is 13.8 Å². The van der Waals surface area contributed by atoms with E-state index in [0.29, 0.717) is 18.2 Å². The molecule has 6 nitrogen and oxygen atoms in total. The van der Waals surface area contributed by atoms with Crippen molar-refractivity contribution in [3.05, 3.63) is 11.9 Å². The number of rotatable bonds is 5. The monoisotopic (exact) mass is 223 g/mol. The quantitative estimate of drug-likeness (QED) is 0.728. The van der Waals surface area contributed by atoms with Crippen molar-refractivity contribution >= 4 is 17.5 Å². The molecule has 1 aromatic heterocycles. The van der Waals surface area contributed by atoms with Crippen LogP contribution < -0.4 is 16.4 Å². The lowest BCUT2D eigenvalue weighted by molar-refractivity contribution is -0.116. The van der Waals surface area contributed by atoms with E-state index in [1.54, 1.807) is 4.90 Å². The number of hydrogen-bond donors (Lipinski definition) is 2. The van der Waals surface area contributed by atoms with E-state index in [2.05, 4.69) is 9.97 Å². The van der Waals surface area contributed by atoms with Gasteiger partial charge in [-0.25, -0.2) is 9.97 Å². The summed E-state index contributed by atoms with van der Waals surface area (Å²) in [6.45, 7) is 4.68. The Labute approximate surface area is 94.7 Å². The Morgan fingerprint density at radius 3 is 2.62 bits per heavy atom. The summed E-state index contributed by atoms with van der Waals surface area (Å²) in [5, 5.41) is 0. The smallest absolute Gasteiger partial charge is 0.236 e. The fourth-order valence-electron chi connectivity index (χ4n) is 1.55. The minimum Gasteiger partial charge on any atom is -0.383 e. The highest BCUT2D eigenvalue weighted by molar-refractivity contribution is 5.79. The number of primary amides is 1. The van der Waals surface area contributed by atoms with Crippen LogP contribution in [0.25, 0.3) is 0 Å². The molecule has 0 saturated carbocycles. The van der Waals surface area contributed by atoms with E-state index in [4.69, 9.17) is 11.5 Å². The first-order valence-corrected chi connectivity index (χ1v) is 5.22. The Bertz CT molecular complexity index is 379. The van der Waals surface area contributed by atoms with Gasteiger partial charge in [0.1, 0.15) is 18.0 Å². The third-order valence-electron chi connectivity index (χ3n) is 2.34. The molecule has 0 aliphatic rings. The molecule has 1 heterocycles. The molecule has 0 aliphatic carbocycles. The zero-order chi connectivity index (χ0) is 12.1. The van der Waals surface area contributed by atoms with Crippen LogP contribution in [0.1, 0.15) is 19.4 Å². The molecule has 6 heteroatoms. The van der Waals surface area contributed by atoms with Gasteiger partial charge in [-0.15, -0.1) is 0 Å². The molecule has 0 aliphatic heterocycles. The second-order valence-electron chi connectivity index (χ2n) is 3.40. The van der Waals surface area contributed by atoms with Crippen LogP contribution in [0, 0.1) is 0 Å². The summed E-state index contributed by atoms with van der Waals surface area (Å²) in [5.74, 6) is 0.757. The van der Waals surface area contributed by atoms with Crippen molar-refractivity contribution in [2.24, 2.45) is 5.73 Å². The van der Waals surface area contributed by atoms with Crippen LogP contribution in [0.2, 0.25) is 0 Å². The predicted molar refractivity (Wildman–Crippen MR) is 62.9 cm³/mol. The van der Waals surface area contributed by atoms with Gasteiger partial charge in [0, 0.05) is 12.1 Å². The van der Waals surface area contributed by atoms with E-state index < -0.39 is 0 Å². The van der Waals surface area contributed by atoms with Gasteiger partial charge in [-0.3, -0.25) is 4.79 Å². The van der Waals surface area contributed by atoms with Gasteiger partial charge in [-0.05, 0) is 13.3 Å². The molecule has 1 amide bonds. The van der Waals surface area contributed by atoms with Gasteiger partial charge in [0.25, 0.3) is 0 Å². The molecular weight excluding hydrogens is 206 g/mol. The molecule has 88 valence electrons. The SMILES string of the molecule is CCc1c(N)ncnc1N(CC)CC(N)=O. The summed E-state index contributed by atoms with van der Waals surface area (Å²) in [6.07, 6.45) is 2.12. The van der Waals surface area contributed by atoms with E-state index >= 15 is 0 Å². The molecule has 0 spiro atoms. The molecule has 4 N–H and O–H groups in total. The number of likely N-dealkylation sites (N-methyl/N-ethyl adjacent to an activating group) is 1. The number of nitrogen functional groups attached to an aromatic ring is 1. The molecule has 0 bridgehead atoms. The minimum absolute atomic E-state index is 0.139. The lowest BCUT2D eigenvalue weighted by atomic mass is 10.2. The summed E-state index contributed by atoms with van der Waals surface area (Å²) < 4.78 is 0. The maximum absolute atomic E-state index is 10.9. The largest absolute Gasteiger partial charge is 0.383 e. The van der Waals surface area contributed by atoms with Crippen molar-refractivity contribution in [2.45, 2.75) is 20.3 Å². The summed E-state index contributed by atoms with van der Waals surface area (Å²) in [5.41, 5.74) is 11.8. The molecule has 0 fully saturated rings. The molecule has 0 unspecified atom stereocenters. The van der Waals surface area contributed by atoms with Gasteiger partial charge in [0.2, 0.25) is 5.91 Å². The van der Waals surface area contributed by atoms with Crippen molar-refractivity contribution in [2.75, 3.05) is 23.7 Å². The molecular formula is C10H17N5O. The molecule has 1 aromatic rings. The number of anilines is 2. The Morgan fingerprint density at radius 2 is 2.12 bits per heavy atom. The third kappa shape index (κ3) is 2.59. The predicted octanol–water partition coefficient (Wildman–Crippen LogP) is -0.0672. The number of carbonyl (C=O) groups is 1. The maximum atomic E-state index is 10.9. The molecule has 0 saturated heterocycles. The van der Waals surface area contributed by atoms with Crippen LogP contribution in [0.5, 0.6) is 0 Å². The van der Waals surface area contributed by atoms with Crippen molar-refractivity contribution in [1.29, 1.82) is 0 Å². The van der Waals surface area contributed by atoms with E-state index in [1.165, 1.54) is 6.33 Å². The Balaban J connectivity index is 3.08. The average Bonchev–Trinajstić information content (AvgIpc) is 2.25. The topological polar surface area (TPSA) is 98.1 Å². The number of amides is 1. The second-order valence-corrected chi connectivity index (χ2v) is 3.40. The van der Waals surface area contributed by atoms with Crippen molar-refractivity contribution in [1.82, 2.24) is 9.97 Å². The normalized spacial score (nSPS) is 10.1. The van der Waals surface area contributed by atoms with Crippen LogP contribution in [0.15, 0.2) is 6.33 Å². The summed E-state index contributed by atoms with van der Waals surface area (Å²) in [4.78, 5) is 20.8. The van der Waals surface area contributed by atoms with E-state index in [9.17, 15) is 4.79 Å². The minimum atomic E-state index is -0.388. The van der Waals surface area contributed by atoms with Gasteiger partial charge < -0.3 is 16.4 Å². The van der Waals surface area contributed by atoms with Gasteiger partial charge in [-0.2, -0.15) is 0 Å². The van der Waals surface area contributed by atoms with Crippen molar-refractivity contribution in [3.63, 3.8) is 0 Å². The lowest BCUT2D eigenvalue weighted by Gasteiger charge is -2.22. The van der Waals surface area contributed by atoms with Crippen LogP contribution in [-0.4, -0.2) is 29.0 Å². The highest BCUT2D eigenvalue weighted by Gasteiger charge is 2.14. The van der Waals surface area contributed by atoms with Gasteiger partial charge >= 0.3 is 0 Å².